The summed E-state index contributed by atoms with van der Waals surface area (Å²) in [7, 11) is 0. The molecule has 0 spiro atoms. The van der Waals surface area contributed by atoms with Crippen LogP contribution >= 0.6 is 0 Å². The number of allylic oxidation sites excluding steroid dienone is 11. The molecular weight excluding hydrogens is 536 g/mol. The molecular formula is C32H30N4O6. The van der Waals surface area contributed by atoms with Crippen LogP contribution in [0, 0.1) is 0 Å². The molecule has 214 valence electrons. The van der Waals surface area contributed by atoms with Gasteiger partial charge in [-0.25, -0.2) is 15.0 Å². The van der Waals surface area contributed by atoms with Crippen LogP contribution in [-0.4, -0.2) is 61.0 Å². The summed E-state index contributed by atoms with van der Waals surface area (Å²) >= 11 is 0. The molecule has 0 aromatic carbocycles. The average molecular weight is 567 g/mol. The zero-order chi connectivity index (χ0) is 30.6. The summed E-state index contributed by atoms with van der Waals surface area (Å²) in [6.07, 6.45) is 10.4. The molecule has 10 nitrogen and oxygen atoms in total. The van der Waals surface area contributed by atoms with Gasteiger partial charge >= 0.3 is 5.97 Å². The Hall–Kier alpha value is -4.93. The number of carbonyl (C=O) groups excluding carboxylic acids is 1. The number of aliphatic imine (C=N–C) groups is 3. The molecule has 0 saturated carbocycles. The smallest absolute Gasteiger partial charge is 0.303 e. The fourth-order valence-corrected chi connectivity index (χ4v) is 5.60. The predicted octanol–water partition coefficient (Wildman–Crippen LogP) is 3.75. The van der Waals surface area contributed by atoms with Crippen molar-refractivity contribution in [3.05, 3.63) is 118 Å². The van der Waals surface area contributed by atoms with Gasteiger partial charge in [-0.15, -0.1) is 0 Å². The monoisotopic (exact) mass is 566 g/mol. The van der Waals surface area contributed by atoms with Gasteiger partial charge in [0.15, 0.2) is 6.29 Å². The van der Waals surface area contributed by atoms with E-state index in [0.29, 0.717) is 57.1 Å². The Morgan fingerprint density at radius 3 is 2.19 bits per heavy atom. The molecule has 0 radical (unpaired) electrons. The van der Waals surface area contributed by atoms with E-state index in [4.69, 9.17) is 9.98 Å². The fraction of sp³-hybridized carbons (Fsp3) is 0.219. The number of rotatable bonds is 6. The molecule has 5 aliphatic rings. The van der Waals surface area contributed by atoms with Gasteiger partial charge in [0.05, 0.1) is 51.9 Å². The fourth-order valence-electron chi connectivity index (χ4n) is 5.60. The lowest BCUT2D eigenvalue weighted by Crippen LogP contribution is -2.50. The van der Waals surface area contributed by atoms with E-state index in [1.54, 1.807) is 37.3 Å². The second kappa shape index (κ2) is 10.2. The number of hydrogen-bond donors (Lipinski definition) is 5. The molecule has 5 heterocycles. The van der Waals surface area contributed by atoms with Crippen LogP contribution in [0.4, 0.5) is 0 Å². The van der Waals surface area contributed by atoms with Crippen molar-refractivity contribution in [1.29, 1.82) is 0 Å². The maximum Gasteiger partial charge on any atom is 0.303 e. The normalized spacial score (nSPS) is 27.6. The predicted molar refractivity (Wildman–Crippen MR) is 160 cm³/mol. The van der Waals surface area contributed by atoms with E-state index in [1.165, 1.54) is 13.0 Å². The number of nitrogens with zero attached hydrogens (tertiary/aromatic N) is 3. The van der Waals surface area contributed by atoms with Crippen molar-refractivity contribution in [2.45, 2.75) is 44.8 Å². The molecule has 8 bridgehead atoms. The van der Waals surface area contributed by atoms with Crippen molar-refractivity contribution < 1.29 is 30.0 Å². The summed E-state index contributed by atoms with van der Waals surface area (Å²) in [5.74, 6) is -1.15. The van der Waals surface area contributed by atoms with Gasteiger partial charge in [-0.05, 0) is 62.6 Å². The number of hydrogen-bond acceptors (Lipinski definition) is 9. The standard InChI is InChI=1S/C32H30N4O6/c1-6-18-16(3)23-12-28-31(5,41)32(42,9-8-30(39)40)29(36-28)13-27-20(14-37)17(4)22(33-27)10-25-19(7-2)21(15-38)26(35-25)11-24(18)34-23/h6-7,10-15,36,38,41-42H,1-2,8-9H2,3-5H3,(H,39,40)/b21-15+,22-10?,24-11?,28-12?,29-13?. The van der Waals surface area contributed by atoms with Crippen LogP contribution in [0.3, 0.4) is 0 Å². The van der Waals surface area contributed by atoms with Crippen LogP contribution in [0.5, 0.6) is 0 Å². The molecule has 0 aromatic rings. The van der Waals surface area contributed by atoms with Crippen molar-refractivity contribution in [2.24, 2.45) is 15.0 Å². The van der Waals surface area contributed by atoms with Crippen LogP contribution in [0.15, 0.2) is 133 Å². The minimum atomic E-state index is -2.07. The van der Waals surface area contributed by atoms with E-state index < -0.39 is 23.6 Å². The third-order valence-corrected chi connectivity index (χ3v) is 8.20. The van der Waals surface area contributed by atoms with Crippen LogP contribution in [0.1, 0.15) is 33.6 Å². The molecule has 0 aromatic heterocycles. The van der Waals surface area contributed by atoms with Crippen molar-refractivity contribution in [3.8, 4) is 0 Å². The second-order valence-corrected chi connectivity index (χ2v) is 10.6. The highest BCUT2D eigenvalue weighted by Crippen LogP contribution is 2.45. The highest BCUT2D eigenvalue weighted by molar-refractivity contribution is 6.24. The van der Waals surface area contributed by atoms with Crippen molar-refractivity contribution in [3.63, 3.8) is 0 Å². The summed E-state index contributed by atoms with van der Waals surface area (Å²) in [6.45, 7) is 12.7. The van der Waals surface area contributed by atoms with E-state index in [-0.39, 0.29) is 29.1 Å². The first-order chi connectivity index (χ1) is 19.9. The summed E-state index contributed by atoms with van der Waals surface area (Å²) < 4.78 is 0. The van der Waals surface area contributed by atoms with Crippen LogP contribution in [0.2, 0.25) is 0 Å². The van der Waals surface area contributed by atoms with E-state index in [2.05, 4.69) is 23.5 Å². The molecule has 2 unspecified atom stereocenters. The number of carboxylic acid groups (broad SMARTS) is 1. The number of carbonyl (C=O) groups is 2. The Morgan fingerprint density at radius 1 is 0.905 bits per heavy atom. The maximum atomic E-state index is 12.2. The van der Waals surface area contributed by atoms with E-state index in [9.17, 15) is 30.0 Å². The number of carboxylic acids is 1. The lowest BCUT2D eigenvalue weighted by atomic mass is 9.79. The number of aldehydes is 1. The number of fused-ring (bicyclic) bond motifs is 5. The van der Waals surface area contributed by atoms with E-state index in [1.807, 2.05) is 6.92 Å². The van der Waals surface area contributed by atoms with Gasteiger partial charge in [-0.3, -0.25) is 9.59 Å². The lowest BCUT2D eigenvalue weighted by molar-refractivity contribution is -0.140. The van der Waals surface area contributed by atoms with Crippen molar-refractivity contribution in [1.82, 2.24) is 5.32 Å². The summed E-state index contributed by atoms with van der Waals surface area (Å²) in [6, 6.07) is 0. The Morgan fingerprint density at radius 2 is 1.57 bits per heavy atom. The SMILES string of the molecule is C=CC1=C(C)C2=NC1=CC1=NC(=C(C=C)/C1=C\O)C=C1N=C(C=C3NC(=C2)C(C)(O)C3(O)CCC(=O)O)C(C=O)=C1C. The van der Waals surface area contributed by atoms with Crippen LogP contribution in [0.25, 0.3) is 0 Å². The number of nitrogens with one attached hydrogen (secondary N) is 1. The van der Waals surface area contributed by atoms with Gasteiger partial charge < -0.3 is 25.7 Å². The van der Waals surface area contributed by atoms with Gasteiger partial charge in [0.2, 0.25) is 0 Å². The first kappa shape index (κ1) is 28.6. The minimum absolute atomic E-state index is 0.0804. The largest absolute Gasteiger partial charge is 0.515 e. The van der Waals surface area contributed by atoms with Crippen molar-refractivity contribution in [2.75, 3.05) is 0 Å². The second-order valence-electron chi connectivity index (χ2n) is 10.6. The Kier molecular flexibility index (Phi) is 6.92. The summed E-state index contributed by atoms with van der Waals surface area (Å²) in [4.78, 5) is 37.8. The zero-order valence-electron chi connectivity index (χ0n) is 23.4. The number of aliphatic hydroxyl groups excluding tert-OH is 1. The quantitative estimate of drug-likeness (QED) is 0.241. The molecule has 0 aliphatic carbocycles. The van der Waals surface area contributed by atoms with Gasteiger partial charge in [-0.2, -0.15) is 0 Å². The lowest BCUT2D eigenvalue weighted by Gasteiger charge is -2.34. The molecule has 1 fully saturated rings. The molecule has 5 aliphatic heterocycles. The zero-order valence-corrected chi connectivity index (χ0v) is 23.4. The molecule has 5 rings (SSSR count). The summed E-state index contributed by atoms with van der Waals surface area (Å²) in [5, 5.41) is 46.3. The molecule has 10 heteroatoms. The topological polar surface area (TPSA) is 164 Å². The number of aliphatic carboxylic acids is 1. The van der Waals surface area contributed by atoms with E-state index >= 15 is 0 Å². The minimum Gasteiger partial charge on any atom is -0.515 e. The Balaban J connectivity index is 1.84. The molecule has 1 saturated heterocycles. The van der Waals surface area contributed by atoms with Gasteiger partial charge in [0, 0.05) is 28.7 Å². The Bertz CT molecular complexity index is 1730. The highest BCUT2D eigenvalue weighted by atomic mass is 16.4. The van der Waals surface area contributed by atoms with Crippen LogP contribution < -0.4 is 5.32 Å². The van der Waals surface area contributed by atoms with Gasteiger partial charge in [0.1, 0.15) is 11.2 Å². The van der Waals surface area contributed by atoms with Crippen molar-refractivity contribution >= 4 is 29.4 Å². The molecule has 0 amide bonds. The molecule has 5 N–H and O–H groups in total. The van der Waals surface area contributed by atoms with Gasteiger partial charge in [-0.1, -0.05) is 25.3 Å². The maximum absolute atomic E-state index is 12.2. The first-order valence-corrected chi connectivity index (χ1v) is 13.2. The molecule has 42 heavy (non-hydrogen) atoms. The molecule has 2 atom stereocenters. The first-order valence-electron chi connectivity index (χ1n) is 13.2. The third-order valence-electron chi connectivity index (χ3n) is 8.20. The summed E-state index contributed by atoms with van der Waals surface area (Å²) in [5.41, 5.74) is 1.87. The van der Waals surface area contributed by atoms with Gasteiger partial charge in [0.25, 0.3) is 0 Å². The van der Waals surface area contributed by atoms with Crippen LogP contribution in [-0.2, 0) is 9.59 Å². The van der Waals surface area contributed by atoms with E-state index in [0.717, 1.165) is 11.8 Å². The highest BCUT2D eigenvalue weighted by Gasteiger charge is 2.57. The Labute approximate surface area is 242 Å². The number of aliphatic hydroxyl groups is 3. The average Bonchev–Trinajstić information content (AvgIpc) is 3.59. The third kappa shape index (κ3) is 4.23.